The van der Waals surface area contributed by atoms with Crippen LogP contribution in [0, 0.1) is 6.92 Å². The second kappa shape index (κ2) is 7.99. The molecule has 0 radical (unpaired) electrons. The van der Waals surface area contributed by atoms with Crippen LogP contribution in [0.15, 0.2) is 52.9 Å². The molecule has 2 heterocycles. The number of ether oxygens (including phenoxy) is 2. The van der Waals surface area contributed by atoms with Crippen molar-refractivity contribution in [2.24, 2.45) is 0 Å². The van der Waals surface area contributed by atoms with Gasteiger partial charge in [-0.3, -0.25) is 4.79 Å². The third-order valence-corrected chi connectivity index (χ3v) is 5.33. The molecule has 1 amide bonds. The molecule has 0 saturated carbocycles. The van der Waals surface area contributed by atoms with Gasteiger partial charge in [0.2, 0.25) is 5.89 Å². The van der Waals surface area contributed by atoms with Crippen LogP contribution in [-0.2, 0) is 0 Å². The number of nitrogens with zero attached hydrogens (tertiary/aromatic N) is 2. The summed E-state index contributed by atoms with van der Waals surface area (Å²) in [5.41, 5.74) is 2.19. The summed E-state index contributed by atoms with van der Waals surface area (Å²) in [4.78, 5) is 19.7. The second-order valence-corrected chi connectivity index (χ2v) is 7.05. The molecule has 0 spiro atoms. The molecule has 4 rings (SSSR count). The molecule has 0 N–H and O–H groups in total. The summed E-state index contributed by atoms with van der Waals surface area (Å²) >= 11 is 0. The van der Waals surface area contributed by atoms with Crippen molar-refractivity contribution in [1.29, 1.82) is 0 Å². The summed E-state index contributed by atoms with van der Waals surface area (Å²) in [6.07, 6.45) is 1.80. The number of benzene rings is 2. The van der Waals surface area contributed by atoms with Gasteiger partial charge in [0.1, 0.15) is 17.3 Å². The Morgan fingerprint density at radius 3 is 2.66 bits per heavy atom. The highest BCUT2D eigenvalue weighted by Crippen LogP contribution is 2.39. The Hall–Kier alpha value is -3.28. The molecule has 1 fully saturated rings. The van der Waals surface area contributed by atoms with Gasteiger partial charge in [0, 0.05) is 23.7 Å². The molecule has 1 aliphatic heterocycles. The quantitative estimate of drug-likeness (QED) is 0.633. The minimum absolute atomic E-state index is 0.0698. The summed E-state index contributed by atoms with van der Waals surface area (Å²) in [7, 11) is 3.25. The molecule has 1 saturated heterocycles. The smallest absolute Gasteiger partial charge is 0.276 e. The first-order valence-corrected chi connectivity index (χ1v) is 9.68. The molecule has 2 aromatic carbocycles. The first-order chi connectivity index (χ1) is 14.1. The number of hydrogen-bond acceptors (Lipinski definition) is 5. The molecule has 29 heavy (non-hydrogen) atoms. The zero-order valence-corrected chi connectivity index (χ0v) is 16.8. The van der Waals surface area contributed by atoms with Gasteiger partial charge in [-0.15, -0.1) is 0 Å². The fourth-order valence-corrected chi connectivity index (χ4v) is 3.86. The topological polar surface area (TPSA) is 64.8 Å². The normalized spacial score (nSPS) is 16.1. The summed E-state index contributed by atoms with van der Waals surface area (Å²) < 4.78 is 16.7. The van der Waals surface area contributed by atoms with E-state index in [1.165, 1.54) is 0 Å². The first-order valence-electron chi connectivity index (χ1n) is 9.68. The van der Waals surface area contributed by atoms with E-state index in [0.29, 0.717) is 23.9 Å². The number of carbonyl (C=O) groups is 1. The molecule has 1 unspecified atom stereocenters. The SMILES string of the molecule is COc1ccc(C2CCCN2C(=O)c2nc(-c3ccccc3)oc2C)c(OC)c1. The average molecular weight is 392 g/mol. The lowest BCUT2D eigenvalue weighted by molar-refractivity contribution is 0.0727. The van der Waals surface area contributed by atoms with Crippen LogP contribution in [0.25, 0.3) is 11.5 Å². The summed E-state index contributed by atoms with van der Waals surface area (Å²) in [6, 6.07) is 15.3. The van der Waals surface area contributed by atoms with Crippen molar-refractivity contribution in [1.82, 2.24) is 9.88 Å². The molecular formula is C23H24N2O4. The van der Waals surface area contributed by atoms with Crippen molar-refractivity contribution in [2.75, 3.05) is 20.8 Å². The Morgan fingerprint density at radius 2 is 1.93 bits per heavy atom. The van der Waals surface area contributed by atoms with Crippen LogP contribution in [0.3, 0.4) is 0 Å². The number of aromatic nitrogens is 1. The Bertz CT molecular complexity index is 1010. The highest BCUT2D eigenvalue weighted by atomic mass is 16.5. The van der Waals surface area contributed by atoms with E-state index in [-0.39, 0.29) is 11.9 Å². The van der Waals surface area contributed by atoms with E-state index in [1.807, 2.05) is 53.4 Å². The van der Waals surface area contributed by atoms with Crippen LogP contribution in [0.5, 0.6) is 11.5 Å². The largest absolute Gasteiger partial charge is 0.497 e. The van der Waals surface area contributed by atoms with Crippen molar-refractivity contribution >= 4 is 5.91 Å². The first kappa shape index (κ1) is 19.1. The molecular weight excluding hydrogens is 368 g/mol. The van der Waals surface area contributed by atoms with Gasteiger partial charge in [-0.2, -0.15) is 0 Å². The number of carbonyl (C=O) groups excluding carboxylic acids is 1. The zero-order chi connectivity index (χ0) is 20.4. The Kier molecular flexibility index (Phi) is 5.25. The minimum atomic E-state index is -0.117. The lowest BCUT2D eigenvalue weighted by Crippen LogP contribution is -2.31. The van der Waals surface area contributed by atoms with E-state index in [1.54, 1.807) is 21.1 Å². The van der Waals surface area contributed by atoms with Crippen molar-refractivity contribution in [3.8, 4) is 23.0 Å². The van der Waals surface area contributed by atoms with Crippen molar-refractivity contribution in [2.45, 2.75) is 25.8 Å². The van der Waals surface area contributed by atoms with Crippen LogP contribution >= 0.6 is 0 Å². The second-order valence-electron chi connectivity index (χ2n) is 7.05. The van der Waals surface area contributed by atoms with Crippen molar-refractivity contribution < 1.29 is 18.7 Å². The summed E-state index contributed by atoms with van der Waals surface area (Å²) in [5.74, 6) is 2.32. The number of likely N-dealkylation sites (tertiary alicyclic amines) is 1. The summed E-state index contributed by atoms with van der Waals surface area (Å²) in [6.45, 7) is 2.46. The predicted molar refractivity (Wildman–Crippen MR) is 109 cm³/mol. The molecule has 3 aromatic rings. The van der Waals surface area contributed by atoms with E-state index < -0.39 is 0 Å². The fraction of sp³-hybridized carbons (Fsp3) is 0.304. The van der Waals surface area contributed by atoms with Crippen LogP contribution in [-0.4, -0.2) is 36.6 Å². The third-order valence-electron chi connectivity index (χ3n) is 5.33. The van der Waals surface area contributed by atoms with Crippen LogP contribution in [0.1, 0.15) is 40.7 Å². The standard InChI is InChI=1S/C23H24N2O4/c1-15-21(24-22(29-15)16-8-5-4-6-9-16)23(26)25-13-7-10-19(25)18-12-11-17(27-2)14-20(18)28-3/h4-6,8-9,11-12,14,19H,7,10,13H2,1-3H3. The van der Waals surface area contributed by atoms with Crippen LogP contribution < -0.4 is 9.47 Å². The van der Waals surface area contributed by atoms with Crippen molar-refractivity contribution in [3.05, 3.63) is 65.5 Å². The number of hydrogen-bond donors (Lipinski definition) is 0. The van der Waals surface area contributed by atoms with E-state index in [2.05, 4.69) is 4.98 Å². The highest BCUT2D eigenvalue weighted by Gasteiger charge is 2.35. The van der Waals surface area contributed by atoms with Gasteiger partial charge < -0.3 is 18.8 Å². The monoisotopic (exact) mass is 392 g/mol. The Labute approximate surface area is 170 Å². The van der Waals surface area contributed by atoms with Gasteiger partial charge in [-0.25, -0.2) is 4.98 Å². The fourth-order valence-electron chi connectivity index (χ4n) is 3.86. The van der Waals surface area contributed by atoms with Crippen LogP contribution in [0.2, 0.25) is 0 Å². The van der Waals surface area contributed by atoms with E-state index in [4.69, 9.17) is 13.9 Å². The maximum atomic E-state index is 13.4. The molecule has 1 aliphatic rings. The van der Waals surface area contributed by atoms with Crippen LogP contribution in [0.4, 0.5) is 0 Å². The zero-order valence-electron chi connectivity index (χ0n) is 16.8. The number of oxazole rings is 1. The van der Waals surface area contributed by atoms with E-state index in [0.717, 1.165) is 35.5 Å². The Balaban J connectivity index is 1.65. The minimum Gasteiger partial charge on any atom is -0.497 e. The number of methoxy groups -OCH3 is 2. The van der Waals surface area contributed by atoms with E-state index >= 15 is 0 Å². The van der Waals surface area contributed by atoms with Gasteiger partial charge in [0.05, 0.1) is 20.3 Å². The molecule has 6 nitrogen and oxygen atoms in total. The number of aryl methyl sites for hydroxylation is 1. The van der Waals surface area contributed by atoms with Gasteiger partial charge >= 0.3 is 0 Å². The number of amides is 1. The lowest BCUT2D eigenvalue weighted by Gasteiger charge is -2.26. The summed E-state index contributed by atoms with van der Waals surface area (Å²) in [5, 5.41) is 0. The molecule has 6 heteroatoms. The van der Waals surface area contributed by atoms with Gasteiger partial charge in [0.15, 0.2) is 5.69 Å². The Morgan fingerprint density at radius 1 is 1.14 bits per heavy atom. The molecule has 1 atom stereocenters. The van der Waals surface area contributed by atoms with E-state index in [9.17, 15) is 4.79 Å². The predicted octanol–water partition coefficient (Wildman–Crippen LogP) is 4.64. The third kappa shape index (κ3) is 3.58. The maximum Gasteiger partial charge on any atom is 0.276 e. The molecule has 150 valence electrons. The molecule has 0 aliphatic carbocycles. The highest BCUT2D eigenvalue weighted by molar-refractivity contribution is 5.94. The van der Waals surface area contributed by atoms with Crippen molar-refractivity contribution in [3.63, 3.8) is 0 Å². The molecule has 1 aromatic heterocycles. The number of rotatable bonds is 5. The van der Waals surface area contributed by atoms with Gasteiger partial charge in [0.25, 0.3) is 5.91 Å². The lowest BCUT2D eigenvalue weighted by atomic mass is 10.0. The van der Waals surface area contributed by atoms with Gasteiger partial charge in [-0.1, -0.05) is 18.2 Å². The average Bonchev–Trinajstić information content (AvgIpc) is 3.40. The maximum absolute atomic E-state index is 13.4. The molecule has 0 bridgehead atoms. The van der Waals surface area contributed by atoms with Gasteiger partial charge in [-0.05, 0) is 44.0 Å².